The van der Waals surface area contributed by atoms with Gasteiger partial charge in [0.25, 0.3) is 0 Å². The highest BCUT2D eigenvalue weighted by molar-refractivity contribution is 7.98. The maximum absolute atomic E-state index is 5.80. The summed E-state index contributed by atoms with van der Waals surface area (Å²) in [6.45, 7) is 2.15. The first-order valence-electron chi connectivity index (χ1n) is 6.25. The number of rotatable bonds is 7. The maximum atomic E-state index is 5.80. The van der Waals surface area contributed by atoms with E-state index < -0.39 is 0 Å². The van der Waals surface area contributed by atoms with Crippen LogP contribution in [0.3, 0.4) is 0 Å². The summed E-state index contributed by atoms with van der Waals surface area (Å²) in [4.78, 5) is 0. The minimum Gasteiger partial charge on any atom is -0.376 e. The van der Waals surface area contributed by atoms with Crippen LogP contribution in [0.5, 0.6) is 0 Å². The number of thioether (sulfide) groups is 1. The van der Waals surface area contributed by atoms with Gasteiger partial charge in [-0.25, -0.2) is 0 Å². The van der Waals surface area contributed by atoms with Gasteiger partial charge in [-0.2, -0.15) is 11.8 Å². The third-order valence-electron chi connectivity index (χ3n) is 3.40. The van der Waals surface area contributed by atoms with E-state index in [1.807, 2.05) is 11.8 Å². The van der Waals surface area contributed by atoms with Crippen molar-refractivity contribution in [2.45, 2.75) is 44.2 Å². The lowest BCUT2D eigenvalue weighted by atomic mass is 10.1. The van der Waals surface area contributed by atoms with Gasteiger partial charge in [0.2, 0.25) is 0 Å². The second-order valence-corrected chi connectivity index (χ2v) is 5.71. The van der Waals surface area contributed by atoms with E-state index in [9.17, 15) is 0 Å². The van der Waals surface area contributed by atoms with Crippen molar-refractivity contribution >= 4 is 11.8 Å². The van der Waals surface area contributed by atoms with Crippen molar-refractivity contribution < 1.29 is 4.74 Å². The summed E-state index contributed by atoms with van der Waals surface area (Å²) < 4.78 is 5.80. The standard InChI is InChI=1S/C12H23NOS/c1-15-9-3-2-7-13-11-6-8-14-12(11)10-4-5-10/h10-13H,2-9H2,1H3. The van der Waals surface area contributed by atoms with Gasteiger partial charge in [-0.3, -0.25) is 0 Å². The average molecular weight is 229 g/mol. The van der Waals surface area contributed by atoms with Crippen LogP contribution in [0.25, 0.3) is 0 Å². The van der Waals surface area contributed by atoms with Crippen molar-refractivity contribution in [3.05, 3.63) is 0 Å². The van der Waals surface area contributed by atoms with Crippen LogP contribution in [0.1, 0.15) is 32.1 Å². The highest BCUT2D eigenvalue weighted by atomic mass is 32.2. The molecule has 3 heteroatoms. The van der Waals surface area contributed by atoms with Crippen LogP contribution in [0, 0.1) is 5.92 Å². The Bertz CT molecular complexity index is 184. The largest absolute Gasteiger partial charge is 0.376 e. The molecule has 0 aromatic heterocycles. The molecule has 2 rings (SSSR count). The molecule has 2 unspecified atom stereocenters. The Morgan fingerprint density at radius 2 is 2.13 bits per heavy atom. The van der Waals surface area contributed by atoms with Crippen molar-refractivity contribution in [2.75, 3.05) is 25.2 Å². The first-order chi connectivity index (χ1) is 7.42. The smallest absolute Gasteiger partial charge is 0.0756 e. The quantitative estimate of drug-likeness (QED) is 0.677. The van der Waals surface area contributed by atoms with Gasteiger partial charge in [0.15, 0.2) is 0 Å². The monoisotopic (exact) mass is 229 g/mol. The van der Waals surface area contributed by atoms with Gasteiger partial charge in [-0.05, 0) is 56.6 Å². The Hall–Kier alpha value is 0.270. The van der Waals surface area contributed by atoms with Crippen molar-refractivity contribution in [3.63, 3.8) is 0 Å². The van der Waals surface area contributed by atoms with Gasteiger partial charge >= 0.3 is 0 Å². The van der Waals surface area contributed by atoms with Gasteiger partial charge in [-0.15, -0.1) is 0 Å². The van der Waals surface area contributed by atoms with Crippen LogP contribution in [0.15, 0.2) is 0 Å². The first-order valence-corrected chi connectivity index (χ1v) is 7.65. The van der Waals surface area contributed by atoms with Crippen LogP contribution in [-0.4, -0.2) is 37.3 Å². The van der Waals surface area contributed by atoms with E-state index in [0.717, 1.165) is 12.5 Å². The number of unbranched alkanes of at least 4 members (excludes halogenated alkanes) is 1. The zero-order valence-corrected chi connectivity index (χ0v) is 10.5. The molecule has 15 heavy (non-hydrogen) atoms. The van der Waals surface area contributed by atoms with Crippen LogP contribution < -0.4 is 5.32 Å². The third kappa shape index (κ3) is 3.65. The lowest BCUT2D eigenvalue weighted by Crippen LogP contribution is -2.38. The summed E-state index contributed by atoms with van der Waals surface area (Å²) >= 11 is 1.95. The molecule has 1 saturated heterocycles. The van der Waals surface area contributed by atoms with Gasteiger partial charge in [0, 0.05) is 12.6 Å². The Labute approximate surface area is 97.5 Å². The molecule has 88 valence electrons. The van der Waals surface area contributed by atoms with Crippen molar-refractivity contribution in [1.82, 2.24) is 5.32 Å². The molecule has 0 radical (unpaired) electrons. The molecule has 2 atom stereocenters. The molecule has 1 heterocycles. The summed E-state index contributed by atoms with van der Waals surface area (Å²) in [5.41, 5.74) is 0. The molecular weight excluding hydrogens is 206 g/mol. The topological polar surface area (TPSA) is 21.3 Å². The molecule has 2 fully saturated rings. The van der Waals surface area contributed by atoms with Crippen molar-refractivity contribution in [2.24, 2.45) is 5.92 Å². The zero-order valence-electron chi connectivity index (χ0n) is 9.71. The number of nitrogens with one attached hydrogen (secondary N) is 1. The van der Waals surface area contributed by atoms with E-state index >= 15 is 0 Å². The Balaban J connectivity index is 1.57. The van der Waals surface area contributed by atoms with Crippen LogP contribution in [0.4, 0.5) is 0 Å². The molecular formula is C12H23NOS. The van der Waals surface area contributed by atoms with E-state index in [-0.39, 0.29) is 0 Å². The summed E-state index contributed by atoms with van der Waals surface area (Å²) in [5.74, 6) is 2.19. The predicted octanol–water partition coefficient (Wildman–Crippen LogP) is 2.29. The molecule has 1 aliphatic heterocycles. The summed E-state index contributed by atoms with van der Waals surface area (Å²) in [6.07, 6.45) is 9.41. The first kappa shape index (κ1) is 11.7. The van der Waals surface area contributed by atoms with E-state index in [4.69, 9.17) is 4.74 Å². The molecule has 2 aliphatic rings. The summed E-state index contributed by atoms with van der Waals surface area (Å²) in [6, 6.07) is 0.659. The average Bonchev–Trinajstić information content (AvgIpc) is 2.99. The summed E-state index contributed by atoms with van der Waals surface area (Å²) in [5, 5.41) is 3.68. The Morgan fingerprint density at radius 3 is 2.87 bits per heavy atom. The number of hydrogen-bond acceptors (Lipinski definition) is 3. The minimum atomic E-state index is 0.547. The molecule has 0 aromatic rings. The van der Waals surface area contributed by atoms with E-state index in [2.05, 4.69) is 11.6 Å². The van der Waals surface area contributed by atoms with Gasteiger partial charge < -0.3 is 10.1 Å². The molecule has 2 nitrogen and oxygen atoms in total. The van der Waals surface area contributed by atoms with Crippen LogP contribution >= 0.6 is 11.8 Å². The lowest BCUT2D eigenvalue weighted by molar-refractivity contribution is 0.0812. The van der Waals surface area contributed by atoms with Gasteiger partial charge in [-0.1, -0.05) is 0 Å². The van der Waals surface area contributed by atoms with Gasteiger partial charge in [0.1, 0.15) is 0 Å². The molecule has 0 aromatic carbocycles. The van der Waals surface area contributed by atoms with E-state index in [1.54, 1.807) is 0 Å². The van der Waals surface area contributed by atoms with E-state index in [0.29, 0.717) is 12.1 Å². The third-order valence-corrected chi connectivity index (χ3v) is 4.10. The Kier molecular flexibility index (Phi) is 4.79. The molecule has 0 bridgehead atoms. The second kappa shape index (κ2) is 6.12. The van der Waals surface area contributed by atoms with Crippen molar-refractivity contribution in [1.29, 1.82) is 0 Å². The summed E-state index contributed by atoms with van der Waals surface area (Å²) in [7, 11) is 0. The fourth-order valence-corrected chi connectivity index (χ4v) is 2.87. The highest BCUT2D eigenvalue weighted by Crippen LogP contribution is 2.38. The second-order valence-electron chi connectivity index (χ2n) is 4.72. The fourth-order valence-electron chi connectivity index (χ4n) is 2.38. The molecule has 0 spiro atoms. The SMILES string of the molecule is CSCCCCNC1CCOC1C1CC1. The molecule has 1 aliphatic carbocycles. The Morgan fingerprint density at radius 1 is 1.27 bits per heavy atom. The zero-order chi connectivity index (χ0) is 10.5. The number of ether oxygens (including phenoxy) is 1. The van der Waals surface area contributed by atoms with Crippen LogP contribution in [-0.2, 0) is 4.74 Å². The normalized spacial score (nSPS) is 31.0. The number of hydrogen-bond donors (Lipinski definition) is 1. The molecule has 1 N–H and O–H groups in total. The predicted molar refractivity (Wildman–Crippen MR) is 66.5 cm³/mol. The minimum absolute atomic E-state index is 0.547. The highest BCUT2D eigenvalue weighted by Gasteiger charge is 2.40. The van der Waals surface area contributed by atoms with Crippen LogP contribution in [0.2, 0.25) is 0 Å². The maximum Gasteiger partial charge on any atom is 0.0756 e. The van der Waals surface area contributed by atoms with Gasteiger partial charge in [0.05, 0.1) is 6.10 Å². The fraction of sp³-hybridized carbons (Fsp3) is 1.00. The molecule has 0 amide bonds. The lowest BCUT2D eigenvalue weighted by Gasteiger charge is -2.19. The van der Waals surface area contributed by atoms with E-state index in [1.165, 1.54) is 44.4 Å². The molecule has 1 saturated carbocycles. The van der Waals surface area contributed by atoms with Crippen molar-refractivity contribution in [3.8, 4) is 0 Å².